The Morgan fingerprint density at radius 3 is 2.61 bits per heavy atom. The average molecular weight is 379 g/mol. The molecule has 0 aliphatic carbocycles. The van der Waals surface area contributed by atoms with Crippen molar-refractivity contribution in [3.8, 4) is 0 Å². The molecule has 1 atom stereocenters. The van der Waals surface area contributed by atoms with Crippen LogP contribution in [0.4, 0.5) is 11.4 Å². The summed E-state index contributed by atoms with van der Waals surface area (Å²) in [4.78, 5) is 39.2. The Kier molecular flexibility index (Phi) is 5.78. The van der Waals surface area contributed by atoms with Crippen LogP contribution in [0.3, 0.4) is 0 Å². The molecule has 0 bridgehead atoms. The number of benzene rings is 2. The van der Waals surface area contributed by atoms with E-state index in [-0.39, 0.29) is 24.1 Å². The summed E-state index contributed by atoms with van der Waals surface area (Å²) in [6.07, 6.45) is 0.155. The number of nitrogens with one attached hydrogen (secondary N) is 2. The van der Waals surface area contributed by atoms with Crippen molar-refractivity contribution in [3.05, 3.63) is 59.2 Å². The Morgan fingerprint density at radius 2 is 1.86 bits per heavy atom. The number of nitrogens with zero attached hydrogens (tertiary/aromatic N) is 1. The van der Waals surface area contributed by atoms with Gasteiger partial charge in [0.05, 0.1) is 17.2 Å². The van der Waals surface area contributed by atoms with Gasteiger partial charge in [0, 0.05) is 25.2 Å². The van der Waals surface area contributed by atoms with Crippen molar-refractivity contribution in [1.82, 2.24) is 5.32 Å². The molecular formula is C22H25N3O3. The molecule has 1 saturated heterocycles. The molecule has 146 valence electrons. The second-order valence-corrected chi connectivity index (χ2v) is 7.02. The van der Waals surface area contributed by atoms with Gasteiger partial charge in [-0.3, -0.25) is 14.4 Å². The van der Waals surface area contributed by atoms with Crippen LogP contribution in [0.1, 0.15) is 34.8 Å². The minimum Gasteiger partial charge on any atom is -0.352 e. The van der Waals surface area contributed by atoms with Crippen molar-refractivity contribution in [2.75, 3.05) is 23.3 Å². The molecule has 1 aliphatic rings. The molecule has 0 saturated carbocycles. The third kappa shape index (κ3) is 3.91. The van der Waals surface area contributed by atoms with Crippen LogP contribution >= 0.6 is 0 Å². The van der Waals surface area contributed by atoms with E-state index in [0.29, 0.717) is 24.3 Å². The summed E-state index contributed by atoms with van der Waals surface area (Å²) in [6.45, 7) is 6.65. The molecule has 3 rings (SSSR count). The fourth-order valence-corrected chi connectivity index (χ4v) is 3.42. The van der Waals surface area contributed by atoms with Gasteiger partial charge in [0.25, 0.3) is 5.91 Å². The smallest absolute Gasteiger partial charge is 0.253 e. The van der Waals surface area contributed by atoms with E-state index in [9.17, 15) is 14.4 Å². The van der Waals surface area contributed by atoms with E-state index in [1.807, 2.05) is 39.0 Å². The van der Waals surface area contributed by atoms with Crippen LogP contribution in [0.15, 0.2) is 42.5 Å². The van der Waals surface area contributed by atoms with Gasteiger partial charge in [0.1, 0.15) is 0 Å². The maximum absolute atomic E-state index is 12.8. The minimum absolute atomic E-state index is 0.0640. The van der Waals surface area contributed by atoms with Crippen LogP contribution in [0.5, 0.6) is 0 Å². The summed E-state index contributed by atoms with van der Waals surface area (Å²) in [5.74, 6) is -1.02. The predicted molar refractivity (Wildman–Crippen MR) is 109 cm³/mol. The maximum atomic E-state index is 12.8. The summed E-state index contributed by atoms with van der Waals surface area (Å²) in [5, 5.41) is 5.57. The fraction of sp³-hybridized carbons (Fsp3) is 0.318. The van der Waals surface area contributed by atoms with E-state index in [2.05, 4.69) is 10.6 Å². The average Bonchev–Trinajstić information content (AvgIpc) is 3.06. The standard InChI is InChI=1S/C22H25N3O3/c1-4-23-22(28)17-9-5-6-10-18(17)24-21(27)16-12-20(26)25(13-16)19-11-7-8-14(2)15(19)3/h5-11,16H,4,12-13H2,1-3H3,(H,23,28)(H,24,27)/t16-/m1/s1. The van der Waals surface area contributed by atoms with Crippen molar-refractivity contribution >= 4 is 29.1 Å². The molecule has 6 heteroatoms. The molecule has 28 heavy (non-hydrogen) atoms. The van der Waals surface area contributed by atoms with Gasteiger partial charge < -0.3 is 15.5 Å². The van der Waals surface area contributed by atoms with Crippen molar-refractivity contribution in [3.63, 3.8) is 0 Å². The van der Waals surface area contributed by atoms with Crippen LogP contribution in [0, 0.1) is 19.8 Å². The van der Waals surface area contributed by atoms with Crippen LogP contribution in [0.25, 0.3) is 0 Å². The third-order valence-corrected chi connectivity index (χ3v) is 5.13. The molecule has 3 amide bonds. The summed E-state index contributed by atoms with van der Waals surface area (Å²) in [7, 11) is 0. The highest BCUT2D eigenvalue weighted by Gasteiger charge is 2.36. The van der Waals surface area contributed by atoms with Crippen molar-refractivity contribution in [2.45, 2.75) is 27.2 Å². The highest BCUT2D eigenvalue weighted by molar-refractivity contribution is 6.07. The number of anilines is 2. The van der Waals surface area contributed by atoms with Gasteiger partial charge in [0.15, 0.2) is 0 Å². The fourth-order valence-electron chi connectivity index (χ4n) is 3.42. The molecule has 6 nitrogen and oxygen atoms in total. The number of carbonyl (C=O) groups excluding carboxylic acids is 3. The zero-order valence-corrected chi connectivity index (χ0v) is 16.4. The number of rotatable bonds is 5. The monoisotopic (exact) mass is 379 g/mol. The van der Waals surface area contributed by atoms with Crippen LogP contribution in [0.2, 0.25) is 0 Å². The first-order valence-corrected chi connectivity index (χ1v) is 9.47. The second kappa shape index (κ2) is 8.25. The number of para-hydroxylation sites is 1. The molecule has 0 spiro atoms. The molecule has 0 unspecified atom stereocenters. The van der Waals surface area contributed by atoms with E-state index in [0.717, 1.165) is 16.8 Å². The SMILES string of the molecule is CCNC(=O)c1ccccc1NC(=O)[C@@H]1CC(=O)N(c2cccc(C)c2C)C1. The third-order valence-electron chi connectivity index (χ3n) is 5.13. The van der Waals surface area contributed by atoms with Gasteiger partial charge in [-0.2, -0.15) is 0 Å². The van der Waals surface area contributed by atoms with Crippen molar-refractivity contribution < 1.29 is 14.4 Å². The van der Waals surface area contributed by atoms with Gasteiger partial charge >= 0.3 is 0 Å². The Hall–Kier alpha value is -3.15. The number of aryl methyl sites for hydroxylation is 1. The van der Waals surface area contributed by atoms with E-state index >= 15 is 0 Å². The van der Waals surface area contributed by atoms with Gasteiger partial charge in [-0.1, -0.05) is 24.3 Å². The second-order valence-electron chi connectivity index (χ2n) is 7.02. The van der Waals surface area contributed by atoms with E-state index < -0.39 is 5.92 Å². The van der Waals surface area contributed by atoms with Gasteiger partial charge in [-0.25, -0.2) is 0 Å². The zero-order valence-electron chi connectivity index (χ0n) is 16.4. The van der Waals surface area contributed by atoms with E-state index in [1.165, 1.54) is 0 Å². The van der Waals surface area contributed by atoms with Crippen molar-refractivity contribution in [1.29, 1.82) is 0 Å². The quantitative estimate of drug-likeness (QED) is 0.838. The highest BCUT2D eigenvalue weighted by atomic mass is 16.2. The van der Waals surface area contributed by atoms with Gasteiger partial charge in [0.2, 0.25) is 11.8 Å². The highest BCUT2D eigenvalue weighted by Crippen LogP contribution is 2.30. The first-order valence-electron chi connectivity index (χ1n) is 9.47. The van der Waals surface area contributed by atoms with Gasteiger partial charge in [-0.05, 0) is 50.1 Å². The number of hydrogen-bond acceptors (Lipinski definition) is 3. The molecule has 2 N–H and O–H groups in total. The van der Waals surface area contributed by atoms with E-state index in [4.69, 9.17) is 0 Å². The molecule has 1 fully saturated rings. The normalized spacial score (nSPS) is 16.2. The molecule has 0 aromatic heterocycles. The van der Waals surface area contributed by atoms with E-state index in [1.54, 1.807) is 29.2 Å². The molecular weight excluding hydrogens is 354 g/mol. The minimum atomic E-state index is -0.463. The maximum Gasteiger partial charge on any atom is 0.253 e. The summed E-state index contributed by atoms with van der Waals surface area (Å²) >= 11 is 0. The lowest BCUT2D eigenvalue weighted by Gasteiger charge is -2.20. The lowest BCUT2D eigenvalue weighted by molar-refractivity contribution is -0.122. The predicted octanol–water partition coefficient (Wildman–Crippen LogP) is 3.04. The lowest BCUT2D eigenvalue weighted by Crippen LogP contribution is -2.30. The lowest BCUT2D eigenvalue weighted by atomic mass is 10.1. The summed E-state index contributed by atoms with van der Waals surface area (Å²) < 4.78 is 0. The summed E-state index contributed by atoms with van der Waals surface area (Å²) in [6, 6.07) is 12.7. The Balaban J connectivity index is 1.76. The van der Waals surface area contributed by atoms with Crippen LogP contribution in [-0.4, -0.2) is 30.8 Å². The summed E-state index contributed by atoms with van der Waals surface area (Å²) in [5.41, 5.74) is 3.86. The first kappa shape index (κ1) is 19.6. The van der Waals surface area contributed by atoms with Gasteiger partial charge in [-0.15, -0.1) is 0 Å². The Bertz CT molecular complexity index is 923. The number of amides is 3. The molecule has 1 heterocycles. The zero-order chi connectivity index (χ0) is 20.3. The Labute approximate surface area is 164 Å². The molecule has 0 radical (unpaired) electrons. The molecule has 2 aromatic carbocycles. The number of hydrogen-bond donors (Lipinski definition) is 2. The molecule has 1 aliphatic heterocycles. The largest absolute Gasteiger partial charge is 0.352 e. The first-order chi connectivity index (χ1) is 13.4. The molecule has 2 aromatic rings. The number of carbonyl (C=O) groups is 3. The van der Waals surface area contributed by atoms with Crippen LogP contribution in [-0.2, 0) is 9.59 Å². The topological polar surface area (TPSA) is 78.5 Å². The van der Waals surface area contributed by atoms with Crippen molar-refractivity contribution in [2.24, 2.45) is 5.92 Å². The van der Waals surface area contributed by atoms with Crippen LogP contribution < -0.4 is 15.5 Å². The Morgan fingerprint density at radius 1 is 1.11 bits per heavy atom.